The van der Waals surface area contributed by atoms with Crippen molar-refractivity contribution in [2.45, 2.75) is 45.2 Å². The molecular formula is C38H34N4S. The Balaban J connectivity index is 1.38. The van der Waals surface area contributed by atoms with Crippen LogP contribution in [0.15, 0.2) is 96.0 Å². The summed E-state index contributed by atoms with van der Waals surface area (Å²) < 4.78 is 3.79. The zero-order valence-corrected chi connectivity index (χ0v) is 25.6. The van der Waals surface area contributed by atoms with Crippen molar-refractivity contribution in [3.8, 4) is 11.3 Å². The van der Waals surface area contributed by atoms with Gasteiger partial charge >= 0.3 is 0 Å². The molecule has 0 radical (unpaired) electrons. The van der Waals surface area contributed by atoms with Gasteiger partial charge in [-0.15, -0.1) is 11.3 Å². The summed E-state index contributed by atoms with van der Waals surface area (Å²) in [5.41, 5.74) is 11.4. The number of aliphatic imine (C=N–C) groups is 1. The predicted molar refractivity (Wildman–Crippen MR) is 183 cm³/mol. The number of thiophene rings is 1. The maximum atomic E-state index is 9.39. The molecule has 8 rings (SSSR count). The van der Waals surface area contributed by atoms with Crippen LogP contribution in [0.5, 0.6) is 0 Å². The summed E-state index contributed by atoms with van der Waals surface area (Å²) in [4.78, 5) is 5.83. The normalized spacial score (nSPS) is 15.3. The number of nitrogens with one attached hydrogen (secondary N) is 2. The molecule has 4 nitrogen and oxygen atoms in total. The number of rotatable bonds is 6. The largest absolute Gasteiger partial charge is 0.364 e. The van der Waals surface area contributed by atoms with Gasteiger partial charge in [0.15, 0.2) is 0 Å². The highest BCUT2D eigenvalue weighted by atomic mass is 32.1. The summed E-state index contributed by atoms with van der Waals surface area (Å²) in [7, 11) is 0. The van der Waals surface area contributed by atoms with Crippen LogP contribution in [0.25, 0.3) is 32.2 Å². The number of benzene rings is 4. The first-order valence-corrected chi connectivity index (χ1v) is 16.0. The fraction of sp³-hybridized carbons (Fsp3) is 0.211. The number of fused-ring (bicyclic) bond motifs is 8. The highest BCUT2D eigenvalue weighted by Gasteiger charge is 2.41. The first kappa shape index (κ1) is 26.2. The summed E-state index contributed by atoms with van der Waals surface area (Å²) in [6, 6.07) is 32.3. The molecule has 212 valence electrons. The van der Waals surface area contributed by atoms with E-state index in [2.05, 4.69) is 96.3 Å². The van der Waals surface area contributed by atoms with Gasteiger partial charge in [0.1, 0.15) is 6.17 Å². The molecule has 3 heterocycles. The van der Waals surface area contributed by atoms with Crippen molar-refractivity contribution >= 4 is 49.9 Å². The molecule has 6 aromatic rings. The van der Waals surface area contributed by atoms with Gasteiger partial charge in [0, 0.05) is 55.2 Å². The second kappa shape index (κ2) is 9.78. The molecule has 5 heteroatoms. The van der Waals surface area contributed by atoms with E-state index in [4.69, 9.17) is 0 Å². The Bertz CT molecular complexity index is 2090. The molecule has 1 atom stereocenters. The molecule has 1 aliphatic heterocycles. The number of anilines is 1. The molecule has 43 heavy (non-hydrogen) atoms. The Morgan fingerprint density at radius 1 is 0.977 bits per heavy atom. The molecule has 1 unspecified atom stereocenters. The molecule has 4 aromatic carbocycles. The second-order valence-electron chi connectivity index (χ2n) is 12.2. The van der Waals surface area contributed by atoms with Gasteiger partial charge in [-0.05, 0) is 47.7 Å². The number of para-hydroxylation sites is 1. The highest BCUT2D eigenvalue weighted by molar-refractivity contribution is 7.21. The van der Waals surface area contributed by atoms with E-state index in [1.807, 2.05) is 47.9 Å². The van der Waals surface area contributed by atoms with E-state index in [-0.39, 0.29) is 11.6 Å². The van der Waals surface area contributed by atoms with Gasteiger partial charge in [-0.25, -0.2) is 0 Å². The molecule has 2 aliphatic rings. The lowest BCUT2D eigenvalue weighted by atomic mass is 9.81. The van der Waals surface area contributed by atoms with Crippen molar-refractivity contribution < 1.29 is 0 Å². The smallest absolute Gasteiger partial charge is 0.104 e. The van der Waals surface area contributed by atoms with Gasteiger partial charge in [0.2, 0.25) is 0 Å². The fourth-order valence-corrected chi connectivity index (χ4v) is 8.59. The van der Waals surface area contributed by atoms with Crippen LogP contribution in [0.4, 0.5) is 5.69 Å². The summed E-state index contributed by atoms with van der Waals surface area (Å²) in [5, 5.41) is 16.0. The van der Waals surface area contributed by atoms with E-state index in [0.29, 0.717) is 5.71 Å². The summed E-state index contributed by atoms with van der Waals surface area (Å²) >= 11 is 1.81. The molecule has 0 amide bonds. The topological polar surface area (TPSA) is 53.2 Å². The minimum absolute atomic E-state index is 0.0173. The quantitative estimate of drug-likeness (QED) is 0.190. The van der Waals surface area contributed by atoms with Crippen molar-refractivity contribution in [1.29, 1.82) is 5.41 Å². The Morgan fingerprint density at radius 3 is 2.58 bits per heavy atom. The second-order valence-corrected chi connectivity index (χ2v) is 13.3. The first-order chi connectivity index (χ1) is 21.0. The van der Waals surface area contributed by atoms with E-state index >= 15 is 0 Å². The van der Waals surface area contributed by atoms with E-state index in [1.54, 1.807) is 0 Å². The van der Waals surface area contributed by atoms with Crippen molar-refractivity contribution in [1.82, 2.24) is 4.57 Å². The van der Waals surface area contributed by atoms with Crippen LogP contribution in [0.3, 0.4) is 0 Å². The van der Waals surface area contributed by atoms with Crippen LogP contribution in [-0.2, 0) is 11.8 Å². The van der Waals surface area contributed by atoms with Crippen molar-refractivity contribution in [2.24, 2.45) is 4.99 Å². The minimum atomic E-state index is -0.0958. The molecule has 2 N–H and O–H groups in total. The van der Waals surface area contributed by atoms with Gasteiger partial charge in [0.05, 0.1) is 22.6 Å². The molecule has 0 saturated carbocycles. The third-order valence-electron chi connectivity index (χ3n) is 9.42. The first-order valence-electron chi connectivity index (χ1n) is 15.2. The van der Waals surface area contributed by atoms with Gasteiger partial charge < -0.3 is 9.88 Å². The van der Waals surface area contributed by atoms with Crippen molar-refractivity contribution in [3.05, 3.63) is 124 Å². The van der Waals surface area contributed by atoms with Crippen molar-refractivity contribution in [3.63, 3.8) is 0 Å². The summed E-state index contributed by atoms with van der Waals surface area (Å²) in [5.74, 6) is 0. The van der Waals surface area contributed by atoms with Crippen LogP contribution in [0, 0.1) is 5.41 Å². The molecule has 0 spiro atoms. The van der Waals surface area contributed by atoms with E-state index in [0.717, 1.165) is 36.2 Å². The van der Waals surface area contributed by atoms with Gasteiger partial charge in [0.25, 0.3) is 0 Å². The van der Waals surface area contributed by atoms with Gasteiger partial charge in [-0.3, -0.25) is 10.4 Å². The lowest BCUT2D eigenvalue weighted by Gasteiger charge is -2.27. The lowest BCUT2D eigenvalue weighted by Crippen LogP contribution is -2.20. The Kier molecular flexibility index (Phi) is 5.95. The number of nitrogens with zero attached hydrogens (tertiary/aromatic N) is 2. The number of hydrogen-bond acceptors (Lipinski definition) is 4. The third-order valence-corrected chi connectivity index (χ3v) is 10.5. The monoisotopic (exact) mass is 578 g/mol. The number of hydrogen-bond donors (Lipinski definition) is 2. The number of aromatic nitrogens is 1. The Morgan fingerprint density at radius 2 is 1.74 bits per heavy atom. The van der Waals surface area contributed by atoms with Crippen LogP contribution in [0.2, 0.25) is 0 Å². The van der Waals surface area contributed by atoms with Gasteiger partial charge in [-0.1, -0.05) is 93.6 Å². The summed E-state index contributed by atoms with van der Waals surface area (Å²) in [6.07, 6.45) is 3.83. The molecule has 0 bridgehead atoms. The van der Waals surface area contributed by atoms with Crippen LogP contribution < -0.4 is 5.32 Å². The molecule has 0 saturated heterocycles. The molecule has 2 aromatic heterocycles. The maximum Gasteiger partial charge on any atom is 0.104 e. The lowest BCUT2D eigenvalue weighted by molar-refractivity contribution is 0.566. The molecule has 0 fully saturated rings. The average molecular weight is 579 g/mol. The van der Waals surface area contributed by atoms with Crippen LogP contribution in [0.1, 0.15) is 66.1 Å². The standard InChI is InChI=1S/C38H34N4S/c1-4-32(42-29-17-11-9-15-25(29)34-37(42)24-14-8-10-16-28(24)38(34,2)3)41-36-27(35(39)23-12-6-5-7-13-23)18-19-30-33(36)26-20-21-40-22-31(26)43-30/h5-19,22,32,39,41H,4,20-21H2,1-3H3. The van der Waals surface area contributed by atoms with E-state index < -0.39 is 0 Å². The third kappa shape index (κ3) is 3.81. The van der Waals surface area contributed by atoms with Gasteiger partial charge in [-0.2, -0.15) is 0 Å². The fourth-order valence-electron chi connectivity index (χ4n) is 7.44. The van der Waals surface area contributed by atoms with Crippen LogP contribution in [-0.4, -0.2) is 23.0 Å². The van der Waals surface area contributed by atoms with Crippen molar-refractivity contribution in [2.75, 3.05) is 11.9 Å². The minimum Gasteiger partial charge on any atom is -0.364 e. The van der Waals surface area contributed by atoms with E-state index in [9.17, 15) is 5.41 Å². The highest BCUT2D eigenvalue weighted by Crippen LogP contribution is 2.54. The molecular weight excluding hydrogens is 545 g/mol. The summed E-state index contributed by atoms with van der Waals surface area (Å²) in [6.45, 7) is 7.80. The Labute approximate surface area is 256 Å². The predicted octanol–water partition coefficient (Wildman–Crippen LogP) is 9.57. The van der Waals surface area contributed by atoms with Crippen LogP contribution >= 0.6 is 11.3 Å². The maximum absolute atomic E-state index is 9.39. The zero-order chi connectivity index (χ0) is 29.3. The SMILES string of the molecule is CCC(Nc1c(C(=N)c2ccccc2)ccc2sc3c(c12)CCN=C3)n1c2c(c3ccccc31)C(C)(C)c1ccccc1-2. The zero-order valence-electron chi connectivity index (χ0n) is 24.7. The van der Waals surface area contributed by atoms with E-state index in [1.165, 1.54) is 53.8 Å². The molecule has 1 aliphatic carbocycles. The average Bonchev–Trinajstić information content (AvgIpc) is 3.67. The Hall–Kier alpha value is -4.48.